The summed E-state index contributed by atoms with van der Waals surface area (Å²) in [5.41, 5.74) is 8.11. The van der Waals surface area contributed by atoms with E-state index in [2.05, 4.69) is 47.2 Å². The van der Waals surface area contributed by atoms with Gasteiger partial charge >= 0.3 is 0 Å². The maximum atomic E-state index is 5.58. The maximum Gasteiger partial charge on any atom is 0.175 e. The van der Waals surface area contributed by atoms with Gasteiger partial charge in [0.05, 0.1) is 0 Å². The van der Waals surface area contributed by atoms with Crippen LogP contribution in [-0.4, -0.2) is 10.2 Å². The predicted molar refractivity (Wildman–Crippen MR) is 154 cm³/mol. The Labute approximate surface area is 211 Å². The Hall–Kier alpha value is -3.74. The largest absolute Gasteiger partial charge is 0.332 e. The zero-order valence-corrected chi connectivity index (χ0v) is 20.7. The first-order chi connectivity index (χ1) is 16.5. The SMILES string of the molecule is Cc1ccc(NC(=S)Nc2ccccc2-c2ccccc2NC(=S)Nc2ccc(C)cc2)cc1. The molecular weight excluding hydrogens is 456 g/mol. The van der Waals surface area contributed by atoms with Crippen molar-refractivity contribution in [3.05, 3.63) is 108 Å². The monoisotopic (exact) mass is 482 g/mol. The quantitative estimate of drug-likeness (QED) is 0.220. The molecule has 0 fully saturated rings. The third kappa shape index (κ3) is 6.19. The summed E-state index contributed by atoms with van der Waals surface area (Å²) in [5, 5.41) is 14.2. The van der Waals surface area contributed by atoms with Crippen molar-refractivity contribution in [1.82, 2.24) is 0 Å². The van der Waals surface area contributed by atoms with Gasteiger partial charge in [-0.3, -0.25) is 0 Å². The molecule has 4 aromatic rings. The molecule has 34 heavy (non-hydrogen) atoms. The van der Waals surface area contributed by atoms with Crippen molar-refractivity contribution in [3.63, 3.8) is 0 Å². The maximum absolute atomic E-state index is 5.58. The van der Waals surface area contributed by atoms with E-state index in [0.29, 0.717) is 10.2 Å². The highest BCUT2D eigenvalue weighted by Crippen LogP contribution is 2.33. The van der Waals surface area contributed by atoms with E-state index in [1.54, 1.807) is 0 Å². The Morgan fingerprint density at radius 3 is 1.21 bits per heavy atom. The normalized spacial score (nSPS) is 10.3. The van der Waals surface area contributed by atoms with E-state index in [9.17, 15) is 0 Å². The van der Waals surface area contributed by atoms with Crippen LogP contribution in [0, 0.1) is 13.8 Å². The molecule has 0 aliphatic heterocycles. The van der Waals surface area contributed by atoms with E-state index in [4.69, 9.17) is 24.4 Å². The van der Waals surface area contributed by atoms with Crippen LogP contribution >= 0.6 is 24.4 Å². The van der Waals surface area contributed by atoms with Gasteiger partial charge in [0.15, 0.2) is 10.2 Å². The standard InChI is InChI=1S/C28H26N4S2/c1-19-11-15-21(16-12-19)29-27(33)31-25-9-5-3-7-23(25)24-8-4-6-10-26(24)32-28(34)30-22-17-13-20(2)14-18-22/h3-18H,1-2H3,(H2,29,31,33)(H2,30,32,34). The van der Waals surface area contributed by atoms with Gasteiger partial charge in [-0.25, -0.2) is 0 Å². The Morgan fingerprint density at radius 1 is 0.471 bits per heavy atom. The van der Waals surface area contributed by atoms with Crippen LogP contribution in [0.3, 0.4) is 0 Å². The zero-order valence-electron chi connectivity index (χ0n) is 19.1. The van der Waals surface area contributed by atoms with E-state index in [1.165, 1.54) is 11.1 Å². The molecule has 0 saturated heterocycles. The first-order valence-corrected chi connectivity index (χ1v) is 11.8. The molecule has 0 aromatic heterocycles. The lowest BCUT2D eigenvalue weighted by molar-refractivity contribution is 1.46. The van der Waals surface area contributed by atoms with Gasteiger partial charge in [0.1, 0.15) is 0 Å². The first kappa shape index (κ1) is 23.4. The summed E-state index contributed by atoms with van der Waals surface area (Å²) in [7, 11) is 0. The average molecular weight is 483 g/mol. The highest BCUT2D eigenvalue weighted by atomic mass is 32.1. The van der Waals surface area contributed by atoms with Crippen molar-refractivity contribution in [2.24, 2.45) is 0 Å². The van der Waals surface area contributed by atoms with Gasteiger partial charge in [-0.05, 0) is 74.7 Å². The molecule has 0 atom stereocenters. The van der Waals surface area contributed by atoms with E-state index in [0.717, 1.165) is 33.9 Å². The second-order valence-corrected chi connectivity index (χ2v) is 8.80. The number of nitrogens with one attached hydrogen (secondary N) is 4. The van der Waals surface area contributed by atoms with Crippen LogP contribution in [0.25, 0.3) is 11.1 Å². The third-order valence-electron chi connectivity index (χ3n) is 5.26. The van der Waals surface area contributed by atoms with Gasteiger partial charge < -0.3 is 21.3 Å². The molecule has 4 N–H and O–H groups in total. The lowest BCUT2D eigenvalue weighted by atomic mass is 10.0. The molecule has 0 unspecified atom stereocenters. The van der Waals surface area contributed by atoms with E-state index < -0.39 is 0 Å². The van der Waals surface area contributed by atoms with Gasteiger partial charge in [0.2, 0.25) is 0 Å². The van der Waals surface area contributed by atoms with Crippen molar-refractivity contribution < 1.29 is 0 Å². The topological polar surface area (TPSA) is 48.1 Å². The Balaban J connectivity index is 1.52. The molecule has 6 heteroatoms. The fourth-order valence-corrected chi connectivity index (χ4v) is 3.95. The minimum atomic E-state index is 0.526. The molecule has 4 rings (SSSR count). The van der Waals surface area contributed by atoms with Crippen LogP contribution in [-0.2, 0) is 0 Å². The van der Waals surface area contributed by atoms with Crippen molar-refractivity contribution in [2.75, 3.05) is 21.3 Å². The summed E-state index contributed by atoms with van der Waals surface area (Å²) in [4.78, 5) is 0. The van der Waals surface area contributed by atoms with Crippen LogP contribution in [0.5, 0.6) is 0 Å². The molecule has 0 aliphatic rings. The molecular formula is C28H26N4S2. The Morgan fingerprint density at radius 2 is 0.824 bits per heavy atom. The molecule has 4 nitrogen and oxygen atoms in total. The highest BCUT2D eigenvalue weighted by Gasteiger charge is 2.11. The molecule has 0 bridgehead atoms. The third-order valence-corrected chi connectivity index (χ3v) is 5.67. The van der Waals surface area contributed by atoms with Crippen molar-refractivity contribution >= 4 is 57.4 Å². The Bertz CT molecular complexity index is 1200. The van der Waals surface area contributed by atoms with Crippen molar-refractivity contribution in [1.29, 1.82) is 0 Å². The summed E-state index contributed by atoms with van der Waals surface area (Å²) in [6.45, 7) is 4.12. The summed E-state index contributed by atoms with van der Waals surface area (Å²) < 4.78 is 0. The summed E-state index contributed by atoms with van der Waals surface area (Å²) in [5.74, 6) is 0. The summed E-state index contributed by atoms with van der Waals surface area (Å²) in [6, 6.07) is 32.4. The average Bonchev–Trinajstić information content (AvgIpc) is 2.83. The minimum absolute atomic E-state index is 0.526. The number of thiocarbonyl (C=S) groups is 2. The van der Waals surface area contributed by atoms with Gasteiger partial charge in [-0.15, -0.1) is 0 Å². The fraction of sp³-hybridized carbons (Fsp3) is 0.0714. The second kappa shape index (κ2) is 10.9. The number of rotatable bonds is 5. The molecule has 170 valence electrons. The molecule has 4 aromatic carbocycles. The van der Waals surface area contributed by atoms with Gasteiger partial charge in [0, 0.05) is 33.9 Å². The minimum Gasteiger partial charge on any atom is -0.332 e. The highest BCUT2D eigenvalue weighted by molar-refractivity contribution is 7.81. The van der Waals surface area contributed by atoms with E-state index >= 15 is 0 Å². The number of hydrogen-bond donors (Lipinski definition) is 4. The molecule has 0 spiro atoms. The number of hydrogen-bond acceptors (Lipinski definition) is 2. The summed E-state index contributed by atoms with van der Waals surface area (Å²) in [6.07, 6.45) is 0. The van der Waals surface area contributed by atoms with Crippen LogP contribution in [0.2, 0.25) is 0 Å². The van der Waals surface area contributed by atoms with Crippen LogP contribution in [0.15, 0.2) is 97.1 Å². The zero-order chi connectivity index (χ0) is 23.9. The van der Waals surface area contributed by atoms with Crippen molar-refractivity contribution in [2.45, 2.75) is 13.8 Å². The summed E-state index contributed by atoms with van der Waals surface area (Å²) >= 11 is 11.2. The van der Waals surface area contributed by atoms with Gasteiger partial charge in [0.25, 0.3) is 0 Å². The number of para-hydroxylation sites is 2. The van der Waals surface area contributed by atoms with E-state index in [-0.39, 0.29) is 0 Å². The number of anilines is 4. The van der Waals surface area contributed by atoms with E-state index in [1.807, 2.05) is 84.9 Å². The number of aryl methyl sites for hydroxylation is 2. The number of benzene rings is 4. The second-order valence-electron chi connectivity index (χ2n) is 7.98. The molecule has 0 heterocycles. The van der Waals surface area contributed by atoms with Crippen LogP contribution in [0.1, 0.15) is 11.1 Å². The molecule has 0 aliphatic carbocycles. The van der Waals surface area contributed by atoms with Gasteiger partial charge in [-0.1, -0.05) is 71.8 Å². The molecule has 0 saturated carbocycles. The lowest BCUT2D eigenvalue weighted by Crippen LogP contribution is -2.20. The van der Waals surface area contributed by atoms with Crippen molar-refractivity contribution in [3.8, 4) is 11.1 Å². The first-order valence-electron chi connectivity index (χ1n) is 11.0. The fourth-order valence-electron chi connectivity index (χ4n) is 3.50. The Kier molecular flexibility index (Phi) is 7.52. The smallest absolute Gasteiger partial charge is 0.175 e. The lowest BCUT2D eigenvalue weighted by Gasteiger charge is -2.18. The predicted octanol–water partition coefficient (Wildman–Crippen LogP) is 7.59. The molecule has 0 amide bonds. The van der Waals surface area contributed by atoms with Gasteiger partial charge in [-0.2, -0.15) is 0 Å². The molecule has 0 radical (unpaired) electrons. The van der Waals surface area contributed by atoms with Crippen LogP contribution in [0.4, 0.5) is 22.7 Å². The van der Waals surface area contributed by atoms with Crippen LogP contribution < -0.4 is 21.3 Å².